The molecule has 0 bridgehead atoms. The van der Waals surface area contributed by atoms with Crippen LogP contribution in [0.1, 0.15) is 45.2 Å². The van der Waals surface area contributed by atoms with Crippen molar-refractivity contribution < 1.29 is 4.79 Å². The van der Waals surface area contributed by atoms with Crippen LogP contribution in [0.25, 0.3) is 0 Å². The molecule has 1 heterocycles. The summed E-state index contributed by atoms with van der Waals surface area (Å²) in [4.78, 5) is 13.4. The van der Waals surface area contributed by atoms with Crippen LogP contribution in [0, 0.1) is 6.42 Å². The van der Waals surface area contributed by atoms with E-state index in [9.17, 15) is 4.79 Å². The first-order chi connectivity index (χ1) is 7.89. The van der Waals surface area contributed by atoms with Crippen molar-refractivity contribution in [2.75, 3.05) is 11.4 Å². The standard InChI is InChI=1S/C15H20NO/c1-11(17)16-9-5-6-12-10-13(15(2,3)4)7-8-14(12)16/h6-8,10H,5,9H2,1-4H3. The fraction of sp³-hybridized carbons (Fsp3) is 0.467. The van der Waals surface area contributed by atoms with E-state index in [1.54, 1.807) is 6.92 Å². The van der Waals surface area contributed by atoms with Gasteiger partial charge in [0, 0.05) is 19.2 Å². The second kappa shape index (κ2) is 4.17. The van der Waals surface area contributed by atoms with Gasteiger partial charge < -0.3 is 4.90 Å². The molecule has 0 saturated heterocycles. The molecule has 1 amide bonds. The first-order valence-electron chi connectivity index (χ1n) is 6.15. The van der Waals surface area contributed by atoms with Gasteiger partial charge in [0.1, 0.15) is 0 Å². The molecule has 0 aliphatic carbocycles. The second-order valence-electron chi connectivity index (χ2n) is 5.69. The Morgan fingerprint density at radius 3 is 2.59 bits per heavy atom. The lowest BCUT2D eigenvalue weighted by Crippen LogP contribution is -2.33. The molecule has 1 aromatic carbocycles. The van der Waals surface area contributed by atoms with E-state index in [0.29, 0.717) is 0 Å². The van der Waals surface area contributed by atoms with Crippen LogP contribution in [0.15, 0.2) is 18.2 Å². The summed E-state index contributed by atoms with van der Waals surface area (Å²) in [6, 6.07) is 6.42. The Bertz CT molecular complexity index is 443. The van der Waals surface area contributed by atoms with E-state index in [2.05, 4.69) is 45.4 Å². The van der Waals surface area contributed by atoms with Crippen LogP contribution in [0.5, 0.6) is 0 Å². The second-order valence-corrected chi connectivity index (χ2v) is 5.69. The number of benzene rings is 1. The highest BCUT2D eigenvalue weighted by Gasteiger charge is 2.22. The van der Waals surface area contributed by atoms with E-state index < -0.39 is 0 Å². The molecule has 0 unspecified atom stereocenters. The largest absolute Gasteiger partial charge is 0.312 e. The molecule has 0 aromatic heterocycles. The molecule has 1 aromatic rings. The predicted octanol–water partition coefficient (Wildman–Crippen LogP) is 3.29. The van der Waals surface area contributed by atoms with Crippen LogP contribution >= 0.6 is 0 Å². The number of rotatable bonds is 0. The smallest absolute Gasteiger partial charge is 0.223 e. The summed E-state index contributed by atoms with van der Waals surface area (Å²) in [7, 11) is 0. The van der Waals surface area contributed by atoms with Gasteiger partial charge in [-0.15, -0.1) is 0 Å². The summed E-state index contributed by atoms with van der Waals surface area (Å²) in [6.45, 7) is 9.06. The fourth-order valence-corrected chi connectivity index (χ4v) is 2.23. The molecule has 0 atom stereocenters. The topological polar surface area (TPSA) is 20.3 Å². The number of hydrogen-bond donors (Lipinski definition) is 0. The molecule has 2 heteroatoms. The summed E-state index contributed by atoms with van der Waals surface area (Å²) in [5.41, 5.74) is 3.72. The Labute approximate surface area is 104 Å². The summed E-state index contributed by atoms with van der Waals surface area (Å²) in [6.07, 6.45) is 3.17. The molecule has 17 heavy (non-hydrogen) atoms. The van der Waals surface area contributed by atoms with Crippen molar-refractivity contribution in [2.24, 2.45) is 0 Å². The van der Waals surface area contributed by atoms with E-state index in [-0.39, 0.29) is 11.3 Å². The number of hydrogen-bond acceptors (Lipinski definition) is 1. The number of carbonyl (C=O) groups is 1. The molecular weight excluding hydrogens is 210 g/mol. The summed E-state index contributed by atoms with van der Waals surface area (Å²) in [5.74, 6) is 0.128. The van der Waals surface area contributed by atoms with Crippen molar-refractivity contribution in [3.8, 4) is 0 Å². The lowest BCUT2D eigenvalue weighted by molar-refractivity contribution is -0.116. The first-order valence-corrected chi connectivity index (χ1v) is 6.15. The van der Waals surface area contributed by atoms with Crippen LogP contribution < -0.4 is 4.90 Å². The number of carbonyl (C=O) groups excluding carboxylic acids is 1. The quantitative estimate of drug-likeness (QED) is 0.669. The Balaban J connectivity index is 2.43. The van der Waals surface area contributed by atoms with Crippen molar-refractivity contribution in [2.45, 2.75) is 39.5 Å². The van der Waals surface area contributed by atoms with Gasteiger partial charge in [0.25, 0.3) is 0 Å². The minimum Gasteiger partial charge on any atom is -0.312 e. The molecule has 91 valence electrons. The van der Waals surface area contributed by atoms with Gasteiger partial charge in [-0.1, -0.05) is 32.9 Å². The third kappa shape index (κ3) is 2.36. The molecular formula is C15H20NO. The van der Waals surface area contributed by atoms with Gasteiger partial charge in [0.2, 0.25) is 5.91 Å². The normalized spacial score (nSPS) is 15.6. The average molecular weight is 230 g/mol. The van der Waals surface area contributed by atoms with E-state index in [1.165, 1.54) is 11.1 Å². The van der Waals surface area contributed by atoms with Gasteiger partial charge in [-0.2, -0.15) is 0 Å². The molecule has 1 aliphatic heterocycles. The van der Waals surface area contributed by atoms with Gasteiger partial charge in [0.15, 0.2) is 0 Å². The molecule has 0 spiro atoms. The fourth-order valence-electron chi connectivity index (χ4n) is 2.23. The van der Waals surface area contributed by atoms with E-state index in [0.717, 1.165) is 18.7 Å². The van der Waals surface area contributed by atoms with E-state index in [4.69, 9.17) is 0 Å². The highest BCUT2D eigenvalue weighted by molar-refractivity contribution is 5.93. The van der Waals surface area contributed by atoms with Crippen LogP contribution in [0.4, 0.5) is 5.69 Å². The Kier molecular flexibility index (Phi) is 2.98. The van der Waals surface area contributed by atoms with Crippen LogP contribution in [-0.4, -0.2) is 12.5 Å². The first kappa shape index (κ1) is 12.2. The molecule has 0 fully saturated rings. The van der Waals surface area contributed by atoms with Gasteiger partial charge in [-0.25, -0.2) is 0 Å². The minimum absolute atomic E-state index is 0.128. The van der Waals surface area contributed by atoms with Crippen LogP contribution in [-0.2, 0) is 10.2 Å². The Morgan fingerprint density at radius 1 is 1.29 bits per heavy atom. The summed E-state index contributed by atoms with van der Waals surface area (Å²) >= 11 is 0. The number of anilines is 1. The van der Waals surface area contributed by atoms with Crippen molar-refractivity contribution >= 4 is 11.6 Å². The van der Waals surface area contributed by atoms with Crippen molar-refractivity contribution in [3.05, 3.63) is 35.7 Å². The maximum atomic E-state index is 11.6. The van der Waals surface area contributed by atoms with Crippen molar-refractivity contribution in [1.82, 2.24) is 0 Å². The number of nitrogens with zero attached hydrogens (tertiary/aromatic N) is 1. The lowest BCUT2D eigenvalue weighted by Gasteiger charge is -2.30. The predicted molar refractivity (Wildman–Crippen MR) is 71.2 cm³/mol. The highest BCUT2D eigenvalue weighted by Crippen LogP contribution is 2.32. The SMILES string of the molecule is CC(=O)N1CC[CH]c2cc(C(C)(C)C)ccc21. The third-order valence-corrected chi connectivity index (χ3v) is 3.28. The van der Waals surface area contributed by atoms with E-state index >= 15 is 0 Å². The molecule has 1 radical (unpaired) electrons. The highest BCUT2D eigenvalue weighted by atomic mass is 16.2. The molecule has 0 saturated carbocycles. The number of amides is 1. The zero-order chi connectivity index (χ0) is 12.6. The van der Waals surface area contributed by atoms with E-state index in [1.807, 2.05) is 4.90 Å². The van der Waals surface area contributed by atoms with Gasteiger partial charge in [-0.3, -0.25) is 4.79 Å². The van der Waals surface area contributed by atoms with Crippen LogP contribution in [0.3, 0.4) is 0 Å². The Morgan fingerprint density at radius 2 is 2.00 bits per heavy atom. The van der Waals surface area contributed by atoms with Crippen LogP contribution in [0.2, 0.25) is 0 Å². The monoisotopic (exact) mass is 230 g/mol. The Hall–Kier alpha value is -1.31. The summed E-state index contributed by atoms with van der Waals surface area (Å²) in [5, 5.41) is 0. The number of fused-ring (bicyclic) bond motifs is 1. The third-order valence-electron chi connectivity index (χ3n) is 3.28. The zero-order valence-electron chi connectivity index (χ0n) is 11.1. The maximum absolute atomic E-state index is 11.6. The summed E-state index contributed by atoms with van der Waals surface area (Å²) < 4.78 is 0. The van der Waals surface area contributed by atoms with Gasteiger partial charge >= 0.3 is 0 Å². The van der Waals surface area contributed by atoms with Gasteiger partial charge in [0.05, 0.1) is 0 Å². The maximum Gasteiger partial charge on any atom is 0.223 e. The average Bonchev–Trinajstić information content (AvgIpc) is 2.26. The molecule has 2 rings (SSSR count). The molecule has 0 N–H and O–H groups in total. The van der Waals surface area contributed by atoms with Crippen molar-refractivity contribution in [1.29, 1.82) is 0 Å². The lowest BCUT2D eigenvalue weighted by atomic mass is 9.84. The molecule has 2 nitrogen and oxygen atoms in total. The zero-order valence-corrected chi connectivity index (χ0v) is 11.1. The minimum atomic E-state index is 0.128. The molecule has 1 aliphatic rings. The van der Waals surface area contributed by atoms with Gasteiger partial charge in [-0.05, 0) is 35.4 Å². The van der Waals surface area contributed by atoms with Crippen molar-refractivity contribution in [3.63, 3.8) is 0 Å².